The number of ether oxygens (including phenoxy) is 2. The lowest BCUT2D eigenvalue weighted by molar-refractivity contribution is -0.139. The van der Waals surface area contributed by atoms with Gasteiger partial charge in [-0.2, -0.15) is 4.98 Å². The molecular weight excluding hydrogens is 490 g/mol. The lowest BCUT2D eigenvalue weighted by Crippen LogP contribution is -2.43. The van der Waals surface area contributed by atoms with Gasteiger partial charge in [-0.25, -0.2) is 14.6 Å². The van der Waals surface area contributed by atoms with Gasteiger partial charge < -0.3 is 35.4 Å². The van der Waals surface area contributed by atoms with Gasteiger partial charge in [0.2, 0.25) is 5.95 Å². The molecule has 0 saturated carbocycles. The standard InChI is InChI=1S/C22H35N7O8/c1-22(2,3)37-21(35)26-12(19(33)34)6-4-5-7-23-10-24-20-27-17-16(18(32)28-20)25-11-29(17)15-8-13(31)14(9-30)36-15/h11-15,23,30-31H,4-10H2,1-3H3,(H,26,35)(H,33,34)(H2,24,27,28,32)/t12-,13-,14+,15+/m0/s1. The van der Waals surface area contributed by atoms with Crippen LogP contribution in [0.2, 0.25) is 0 Å². The number of carbonyl (C=O) groups excluding carboxylic acids is 1. The summed E-state index contributed by atoms with van der Waals surface area (Å²) in [6.07, 6.45) is 0.128. The number of carboxylic acid groups (broad SMARTS) is 1. The number of hydrogen-bond donors (Lipinski definition) is 7. The number of carboxylic acids is 1. The number of H-pyrrole nitrogens is 1. The second-order valence-electron chi connectivity index (χ2n) is 9.74. The molecule has 15 heteroatoms. The van der Waals surface area contributed by atoms with E-state index in [4.69, 9.17) is 9.47 Å². The van der Waals surface area contributed by atoms with Gasteiger partial charge in [0.05, 0.1) is 25.7 Å². The molecule has 0 aliphatic carbocycles. The molecule has 0 bridgehead atoms. The monoisotopic (exact) mass is 525 g/mol. The summed E-state index contributed by atoms with van der Waals surface area (Å²) in [6.45, 7) is 5.58. The van der Waals surface area contributed by atoms with E-state index in [1.165, 1.54) is 6.33 Å². The van der Waals surface area contributed by atoms with Crippen molar-refractivity contribution in [3.8, 4) is 0 Å². The molecule has 15 nitrogen and oxygen atoms in total. The normalized spacial score (nSPS) is 20.6. The van der Waals surface area contributed by atoms with Gasteiger partial charge in [0.15, 0.2) is 11.2 Å². The van der Waals surface area contributed by atoms with Crippen LogP contribution in [0.25, 0.3) is 11.2 Å². The molecule has 1 saturated heterocycles. The first kappa shape index (κ1) is 28.3. The molecule has 0 spiro atoms. The number of alkyl carbamates (subject to hydrolysis) is 1. The van der Waals surface area contributed by atoms with Gasteiger partial charge in [0.1, 0.15) is 24.0 Å². The van der Waals surface area contributed by atoms with Crippen molar-refractivity contribution in [1.82, 2.24) is 30.2 Å². The predicted molar refractivity (Wildman–Crippen MR) is 131 cm³/mol. The van der Waals surface area contributed by atoms with E-state index in [0.29, 0.717) is 19.4 Å². The molecule has 0 aromatic carbocycles. The van der Waals surface area contributed by atoms with Crippen molar-refractivity contribution in [2.45, 2.75) is 76.5 Å². The molecule has 0 unspecified atom stereocenters. The van der Waals surface area contributed by atoms with Crippen molar-refractivity contribution in [1.29, 1.82) is 0 Å². The Balaban J connectivity index is 1.45. The third-order valence-corrected chi connectivity index (χ3v) is 5.59. The van der Waals surface area contributed by atoms with Crippen LogP contribution in [0.5, 0.6) is 0 Å². The summed E-state index contributed by atoms with van der Waals surface area (Å²) in [6, 6.07) is -1.04. The quantitative estimate of drug-likeness (QED) is 0.143. The summed E-state index contributed by atoms with van der Waals surface area (Å²) in [5.41, 5.74) is -0.764. The lowest BCUT2D eigenvalue weighted by Gasteiger charge is -2.22. The second kappa shape index (κ2) is 12.3. The smallest absolute Gasteiger partial charge is 0.408 e. The van der Waals surface area contributed by atoms with Crippen LogP contribution >= 0.6 is 0 Å². The molecular formula is C22H35N7O8. The van der Waals surface area contributed by atoms with Gasteiger partial charge in [-0.15, -0.1) is 0 Å². The zero-order valence-corrected chi connectivity index (χ0v) is 21.1. The molecule has 7 N–H and O–H groups in total. The Morgan fingerprint density at radius 3 is 2.76 bits per heavy atom. The van der Waals surface area contributed by atoms with E-state index in [1.807, 2.05) is 0 Å². The van der Waals surface area contributed by atoms with E-state index < -0.39 is 47.7 Å². The first-order valence-electron chi connectivity index (χ1n) is 12.1. The fourth-order valence-electron chi connectivity index (χ4n) is 3.81. The first-order chi connectivity index (χ1) is 17.5. The van der Waals surface area contributed by atoms with E-state index in [0.717, 1.165) is 0 Å². The van der Waals surface area contributed by atoms with Gasteiger partial charge in [-0.05, 0) is 46.6 Å². The number of nitrogens with zero attached hydrogens (tertiary/aromatic N) is 3. The molecule has 1 aliphatic rings. The minimum absolute atomic E-state index is 0.122. The highest BCUT2D eigenvalue weighted by Gasteiger charge is 2.35. The maximum absolute atomic E-state index is 12.4. The molecule has 37 heavy (non-hydrogen) atoms. The minimum Gasteiger partial charge on any atom is -0.480 e. The Morgan fingerprint density at radius 2 is 2.11 bits per heavy atom. The van der Waals surface area contributed by atoms with E-state index in [9.17, 15) is 29.7 Å². The number of hydrogen-bond acceptors (Lipinski definition) is 11. The third kappa shape index (κ3) is 7.85. The molecule has 1 aliphatic heterocycles. The van der Waals surface area contributed by atoms with Crippen LogP contribution in [0, 0.1) is 0 Å². The van der Waals surface area contributed by atoms with Gasteiger partial charge in [-0.3, -0.25) is 19.7 Å². The van der Waals surface area contributed by atoms with Crippen LogP contribution < -0.4 is 21.5 Å². The van der Waals surface area contributed by atoms with E-state index in [1.54, 1.807) is 25.3 Å². The van der Waals surface area contributed by atoms with Gasteiger partial charge >= 0.3 is 12.1 Å². The number of nitrogens with one attached hydrogen (secondary N) is 4. The summed E-state index contributed by atoms with van der Waals surface area (Å²) in [5, 5.41) is 37.1. The summed E-state index contributed by atoms with van der Waals surface area (Å²) >= 11 is 0. The zero-order valence-electron chi connectivity index (χ0n) is 21.1. The van der Waals surface area contributed by atoms with Gasteiger partial charge in [-0.1, -0.05) is 0 Å². The number of aliphatic hydroxyl groups is 2. The Kier molecular flexibility index (Phi) is 9.42. The topological polar surface area (TPSA) is 213 Å². The number of unbranched alkanes of at least 4 members (excludes halogenated alkanes) is 1. The Bertz CT molecular complexity index is 1130. The van der Waals surface area contributed by atoms with E-state index in [2.05, 4.69) is 30.9 Å². The Morgan fingerprint density at radius 1 is 1.35 bits per heavy atom. The molecule has 2 aromatic heterocycles. The lowest BCUT2D eigenvalue weighted by atomic mass is 10.1. The minimum atomic E-state index is -1.13. The van der Waals surface area contributed by atoms with Gasteiger partial charge in [0, 0.05) is 6.42 Å². The molecule has 3 heterocycles. The molecule has 3 rings (SSSR count). The van der Waals surface area contributed by atoms with Crippen LogP contribution in [0.4, 0.5) is 10.7 Å². The summed E-state index contributed by atoms with van der Waals surface area (Å²) in [4.78, 5) is 46.7. The van der Waals surface area contributed by atoms with Crippen LogP contribution in [-0.4, -0.2) is 90.6 Å². The highest BCUT2D eigenvalue weighted by molar-refractivity contribution is 5.80. The Hall–Kier alpha value is -3.27. The summed E-state index contributed by atoms with van der Waals surface area (Å²) in [5.74, 6) is -0.925. The third-order valence-electron chi connectivity index (χ3n) is 5.59. The van der Waals surface area contributed by atoms with Crippen molar-refractivity contribution < 1.29 is 34.4 Å². The maximum Gasteiger partial charge on any atom is 0.408 e. The number of imidazole rings is 1. The number of aliphatic hydroxyl groups excluding tert-OH is 2. The fourth-order valence-corrected chi connectivity index (χ4v) is 3.81. The fraction of sp³-hybridized carbons (Fsp3) is 0.682. The van der Waals surface area contributed by atoms with Crippen molar-refractivity contribution in [3.05, 3.63) is 16.7 Å². The van der Waals surface area contributed by atoms with Crippen LogP contribution in [0.15, 0.2) is 11.1 Å². The summed E-state index contributed by atoms with van der Waals surface area (Å²) < 4.78 is 12.3. The van der Waals surface area contributed by atoms with Gasteiger partial charge in [0.25, 0.3) is 5.56 Å². The summed E-state index contributed by atoms with van der Waals surface area (Å²) in [7, 11) is 0. The maximum atomic E-state index is 12.4. The van der Waals surface area contributed by atoms with Crippen LogP contribution in [-0.2, 0) is 14.3 Å². The van der Waals surface area contributed by atoms with Crippen molar-refractivity contribution in [2.75, 3.05) is 25.1 Å². The molecule has 1 fully saturated rings. The molecule has 1 amide bonds. The molecule has 0 radical (unpaired) electrons. The van der Waals surface area contributed by atoms with Crippen molar-refractivity contribution >= 4 is 29.2 Å². The van der Waals surface area contributed by atoms with Crippen LogP contribution in [0.1, 0.15) is 52.7 Å². The second-order valence-corrected chi connectivity index (χ2v) is 9.74. The molecule has 206 valence electrons. The number of anilines is 1. The Labute approximate surface area is 212 Å². The number of aromatic amines is 1. The molecule has 4 atom stereocenters. The largest absolute Gasteiger partial charge is 0.480 e. The number of carbonyl (C=O) groups is 2. The number of fused-ring (bicyclic) bond motifs is 1. The highest BCUT2D eigenvalue weighted by atomic mass is 16.6. The average Bonchev–Trinajstić information content (AvgIpc) is 3.39. The van der Waals surface area contributed by atoms with Crippen molar-refractivity contribution in [2.24, 2.45) is 0 Å². The van der Waals surface area contributed by atoms with E-state index in [-0.39, 0.29) is 43.2 Å². The molecule has 2 aromatic rings. The number of aromatic nitrogens is 4. The first-order valence-corrected chi connectivity index (χ1v) is 12.1. The average molecular weight is 526 g/mol. The van der Waals surface area contributed by atoms with E-state index >= 15 is 0 Å². The number of amides is 1. The predicted octanol–water partition coefficient (Wildman–Crippen LogP) is -0.132. The SMILES string of the molecule is CC(C)(C)OC(=O)N[C@@H](CCCCNCNc1nc2c(ncn2[C@H]2C[C@H](O)[C@@H](CO)O2)c(=O)[nH]1)C(=O)O. The number of aliphatic carboxylic acids is 1. The highest BCUT2D eigenvalue weighted by Crippen LogP contribution is 2.30. The van der Waals surface area contributed by atoms with Crippen molar-refractivity contribution in [3.63, 3.8) is 0 Å². The number of rotatable bonds is 12. The zero-order chi connectivity index (χ0) is 27.2. The van der Waals surface area contributed by atoms with Crippen LogP contribution in [0.3, 0.4) is 0 Å².